The number of ether oxygens (including phenoxy) is 1. The highest BCUT2D eigenvalue weighted by Gasteiger charge is 2.29. The van der Waals surface area contributed by atoms with Crippen LogP contribution in [-0.4, -0.2) is 44.3 Å². The summed E-state index contributed by atoms with van der Waals surface area (Å²) < 4.78 is 7.21. The number of nitrogens with two attached hydrogens (primary N) is 1. The number of fused-ring (bicyclic) bond motifs is 1. The van der Waals surface area contributed by atoms with Gasteiger partial charge < -0.3 is 15.4 Å². The molecular formula is C20H25N5O2S. The summed E-state index contributed by atoms with van der Waals surface area (Å²) in [6.45, 7) is 6.94. The third kappa shape index (κ3) is 3.69. The Hall–Kier alpha value is -2.61. The maximum atomic E-state index is 12.5. The fourth-order valence-electron chi connectivity index (χ4n) is 3.53. The van der Waals surface area contributed by atoms with Crippen molar-refractivity contribution < 1.29 is 9.53 Å². The SMILES string of the molecule is CC(C)(C)OC(=O)N1CCCC(c2cc(N)n3ncc(-c4cccs4)c3n2)C1. The number of likely N-dealkylation sites (tertiary alicyclic amines) is 1. The summed E-state index contributed by atoms with van der Waals surface area (Å²) in [5, 5.41) is 6.43. The normalized spacial score (nSPS) is 17.8. The summed E-state index contributed by atoms with van der Waals surface area (Å²) in [5.74, 6) is 0.678. The summed E-state index contributed by atoms with van der Waals surface area (Å²) >= 11 is 1.65. The van der Waals surface area contributed by atoms with Crippen LogP contribution in [0.15, 0.2) is 29.8 Å². The summed E-state index contributed by atoms with van der Waals surface area (Å²) in [4.78, 5) is 20.3. The van der Waals surface area contributed by atoms with Crippen LogP contribution in [0.3, 0.4) is 0 Å². The topological polar surface area (TPSA) is 85.8 Å². The van der Waals surface area contributed by atoms with E-state index in [0.717, 1.165) is 34.6 Å². The minimum atomic E-state index is -0.501. The van der Waals surface area contributed by atoms with Gasteiger partial charge in [0, 0.05) is 30.0 Å². The van der Waals surface area contributed by atoms with Crippen LogP contribution in [0.4, 0.5) is 10.6 Å². The first-order valence-corrected chi connectivity index (χ1v) is 10.4. The lowest BCUT2D eigenvalue weighted by molar-refractivity contribution is 0.0197. The Morgan fingerprint density at radius 3 is 2.93 bits per heavy atom. The Morgan fingerprint density at radius 2 is 2.21 bits per heavy atom. The maximum absolute atomic E-state index is 12.5. The van der Waals surface area contributed by atoms with E-state index in [4.69, 9.17) is 15.5 Å². The summed E-state index contributed by atoms with van der Waals surface area (Å²) in [5.41, 5.74) is 8.40. The molecular weight excluding hydrogens is 374 g/mol. The number of carbonyl (C=O) groups is 1. The zero-order chi connectivity index (χ0) is 19.9. The molecule has 0 radical (unpaired) electrons. The second-order valence-corrected chi connectivity index (χ2v) is 9.09. The lowest BCUT2D eigenvalue weighted by Gasteiger charge is -2.34. The molecule has 3 aromatic rings. The van der Waals surface area contributed by atoms with Gasteiger partial charge in [-0.25, -0.2) is 9.78 Å². The molecule has 1 fully saturated rings. The van der Waals surface area contributed by atoms with Gasteiger partial charge in [-0.3, -0.25) is 0 Å². The van der Waals surface area contributed by atoms with Gasteiger partial charge in [-0.2, -0.15) is 9.61 Å². The average Bonchev–Trinajstić information content (AvgIpc) is 3.29. The number of nitrogens with zero attached hydrogens (tertiary/aromatic N) is 4. The van der Waals surface area contributed by atoms with Crippen molar-refractivity contribution in [2.75, 3.05) is 18.8 Å². The molecule has 28 heavy (non-hydrogen) atoms. The molecule has 2 N–H and O–H groups in total. The van der Waals surface area contributed by atoms with E-state index < -0.39 is 5.60 Å². The van der Waals surface area contributed by atoms with Crippen LogP contribution in [-0.2, 0) is 4.74 Å². The number of piperidine rings is 1. The molecule has 4 rings (SSSR count). The molecule has 148 valence electrons. The number of carbonyl (C=O) groups excluding carboxylic acids is 1. The summed E-state index contributed by atoms with van der Waals surface area (Å²) in [6.07, 6.45) is 3.41. The van der Waals surface area contributed by atoms with Crippen molar-refractivity contribution in [2.24, 2.45) is 0 Å². The number of hydrogen-bond donors (Lipinski definition) is 1. The highest BCUT2D eigenvalue weighted by molar-refractivity contribution is 7.13. The van der Waals surface area contributed by atoms with Gasteiger partial charge in [0.15, 0.2) is 5.65 Å². The van der Waals surface area contributed by atoms with Crippen molar-refractivity contribution in [1.29, 1.82) is 0 Å². The molecule has 1 unspecified atom stereocenters. The van der Waals surface area contributed by atoms with Crippen molar-refractivity contribution in [1.82, 2.24) is 19.5 Å². The van der Waals surface area contributed by atoms with Gasteiger partial charge in [-0.15, -0.1) is 11.3 Å². The first-order valence-electron chi connectivity index (χ1n) is 9.48. The molecule has 4 heterocycles. The number of hydrogen-bond acceptors (Lipinski definition) is 6. The van der Waals surface area contributed by atoms with Crippen molar-refractivity contribution in [3.8, 4) is 10.4 Å². The van der Waals surface area contributed by atoms with E-state index in [2.05, 4.69) is 11.2 Å². The minimum Gasteiger partial charge on any atom is -0.444 e. The first-order chi connectivity index (χ1) is 13.3. The van der Waals surface area contributed by atoms with E-state index in [9.17, 15) is 4.79 Å². The zero-order valence-corrected chi connectivity index (χ0v) is 17.2. The smallest absolute Gasteiger partial charge is 0.410 e. The number of amides is 1. The van der Waals surface area contributed by atoms with Gasteiger partial charge in [0.2, 0.25) is 0 Å². The third-order valence-corrected chi connectivity index (χ3v) is 5.70. The molecule has 0 spiro atoms. The average molecular weight is 400 g/mol. The molecule has 1 aliphatic rings. The lowest BCUT2D eigenvalue weighted by atomic mass is 9.94. The third-order valence-electron chi connectivity index (χ3n) is 4.80. The van der Waals surface area contributed by atoms with E-state index >= 15 is 0 Å². The van der Waals surface area contributed by atoms with Crippen LogP contribution in [0.2, 0.25) is 0 Å². The van der Waals surface area contributed by atoms with Crippen LogP contribution in [0.25, 0.3) is 16.1 Å². The van der Waals surface area contributed by atoms with E-state index in [1.54, 1.807) is 20.8 Å². The Morgan fingerprint density at radius 1 is 1.39 bits per heavy atom. The van der Waals surface area contributed by atoms with Crippen LogP contribution in [0, 0.1) is 0 Å². The van der Waals surface area contributed by atoms with Gasteiger partial charge in [-0.1, -0.05) is 6.07 Å². The lowest BCUT2D eigenvalue weighted by Crippen LogP contribution is -2.42. The molecule has 0 saturated carbocycles. The van der Waals surface area contributed by atoms with E-state index in [-0.39, 0.29) is 12.0 Å². The fourth-order valence-corrected chi connectivity index (χ4v) is 4.26. The highest BCUT2D eigenvalue weighted by Crippen LogP contribution is 2.32. The summed E-state index contributed by atoms with van der Waals surface area (Å²) in [6, 6.07) is 5.94. The Balaban J connectivity index is 1.63. The van der Waals surface area contributed by atoms with Gasteiger partial charge in [0.1, 0.15) is 11.4 Å². The number of rotatable bonds is 2. The molecule has 8 heteroatoms. The first kappa shape index (κ1) is 18.7. The number of aromatic nitrogens is 3. The zero-order valence-electron chi connectivity index (χ0n) is 16.4. The molecule has 1 aliphatic heterocycles. The van der Waals surface area contributed by atoms with Crippen LogP contribution in [0.1, 0.15) is 45.2 Å². The van der Waals surface area contributed by atoms with Gasteiger partial charge in [0.05, 0.1) is 17.5 Å². The monoisotopic (exact) mass is 399 g/mol. The van der Waals surface area contributed by atoms with Crippen molar-refractivity contribution in [2.45, 2.75) is 45.1 Å². The Labute approximate surface area is 168 Å². The van der Waals surface area contributed by atoms with Gasteiger partial charge in [0.25, 0.3) is 0 Å². The van der Waals surface area contributed by atoms with Crippen molar-refractivity contribution >= 4 is 28.9 Å². The molecule has 3 aromatic heterocycles. The number of thiophene rings is 1. The predicted molar refractivity (Wildman–Crippen MR) is 110 cm³/mol. The van der Waals surface area contributed by atoms with Crippen LogP contribution < -0.4 is 5.73 Å². The quantitative estimate of drug-likeness (QED) is 0.699. The van der Waals surface area contributed by atoms with Crippen molar-refractivity contribution in [3.63, 3.8) is 0 Å². The second-order valence-electron chi connectivity index (χ2n) is 8.14. The predicted octanol–water partition coefficient (Wildman–Crippen LogP) is 4.15. The van der Waals surface area contributed by atoms with Crippen LogP contribution in [0.5, 0.6) is 0 Å². The highest BCUT2D eigenvalue weighted by atomic mass is 32.1. The fraction of sp³-hybridized carbons (Fsp3) is 0.450. The van der Waals surface area contributed by atoms with E-state index in [1.165, 1.54) is 0 Å². The summed E-state index contributed by atoms with van der Waals surface area (Å²) in [7, 11) is 0. The molecule has 0 aliphatic carbocycles. The largest absolute Gasteiger partial charge is 0.444 e. The van der Waals surface area contributed by atoms with Gasteiger partial charge in [-0.05, 0) is 45.1 Å². The second kappa shape index (κ2) is 7.09. The standard InChI is InChI=1S/C20H25N5O2S/c1-20(2,3)27-19(26)24-8-4-6-13(12-24)15-10-17(21)25-18(23-15)14(11-22-25)16-7-5-9-28-16/h5,7,9-11,13H,4,6,8,12,21H2,1-3H3. The van der Waals surface area contributed by atoms with Gasteiger partial charge >= 0.3 is 6.09 Å². The molecule has 7 nitrogen and oxygen atoms in total. The minimum absolute atomic E-state index is 0.125. The maximum Gasteiger partial charge on any atom is 0.410 e. The van der Waals surface area contributed by atoms with E-state index in [1.807, 2.05) is 44.5 Å². The molecule has 1 saturated heterocycles. The van der Waals surface area contributed by atoms with Crippen LogP contribution >= 0.6 is 11.3 Å². The molecule has 1 atom stereocenters. The van der Waals surface area contributed by atoms with Crippen molar-refractivity contribution in [3.05, 3.63) is 35.5 Å². The molecule has 0 bridgehead atoms. The molecule has 1 amide bonds. The Bertz CT molecular complexity index is 990. The Kier molecular flexibility index (Phi) is 4.74. The molecule has 0 aromatic carbocycles. The number of nitrogen functional groups attached to an aromatic ring is 1. The number of anilines is 1. The van der Waals surface area contributed by atoms with E-state index in [0.29, 0.717) is 18.9 Å².